The molecule has 2 fully saturated rings. The average molecular weight is 451 g/mol. The van der Waals surface area contributed by atoms with Gasteiger partial charge in [-0.1, -0.05) is 41.0 Å². The van der Waals surface area contributed by atoms with E-state index < -0.39 is 0 Å². The van der Waals surface area contributed by atoms with Crippen molar-refractivity contribution >= 4 is 29.1 Å². The topological polar surface area (TPSA) is 79.5 Å². The molecule has 0 unspecified atom stereocenters. The molecule has 2 amide bonds. The molecule has 7 nitrogen and oxygen atoms in total. The minimum absolute atomic E-state index is 0.0410. The molecule has 0 aliphatic carbocycles. The van der Waals surface area contributed by atoms with Crippen LogP contribution in [0.25, 0.3) is 11.5 Å². The fraction of sp³-hybridized carbons (Fsp3) is 0.333. The highest BCUT2D eigenvalue weighted by Crippen LogP contribution is 2.31. The van der Waals surface area contributed by atoms with Crippen LogP contribution in [0.4, 0.5) is 5.69 Å². The van der Waals surface area contributed by atoms with E-state index in [0.717, 1.165) is 24.1 Å². The lowest BCUT2D eigenvalue weighted by molar-refractivity contribution is -0.136. The van der Waals surface area contributed by atoms with Gasteiger partial charge in [-0.25, -0.2) is 0 Å². The van der Waals surface area contributed by atoms with Gasteiger partial charge in [0.2, 0.25) is 11.8 Å². The first kappa shape index (κ1) is 20.7. The smallest absolute Gasteiger partial charge is 0.257 e. The van der Waals surface area contributed by atoms with Gasteiger partial charge in [0.05, 0.1) is 5.92 Å². The Morgan fingerprint density at radius 2 is 1.84 bits per heavy atom. The molecule has 2 aliphatic heterocycles. The lowest BCUT2D eigenvalue weighted by atomic mass is 9.95. The number of amides is 2. The molecular formula is C24H23ClN4O3. The summed E-state index contributed by atoms with van der Waals surface area (Å²) in [6, 6.07) is 16.9. The van der Waals surface area contributed by atoms with Gasteiger partial charge in [-0.15, -0.1) is 0 Å². The third-order valence-electron chi connectivity index (χ3n) is 6.23. The number of piperidine rings is 1. The first-order valence-corrected chi connectivity index (χ1v) is 11.2. The molecule has 3 aromatic rings. The van der Waals surface area contributed by atoms with Gasteiger partial charge >= 0.3 is 0 Å². The highest BCUT2D eigenvalue weighted by atomic mass is 35.5. The van der Waals surface area contributed by atoms with Crippen LogP contribution in [0.5, 0.6) is 0 Å². The van der Waals surface area contributed by atoms with Crippen LogP contribution in [0.3, 0.4) is 0 Å². The Hall–Kier alpha value is -3.19. The van der Waals surface area contributed by atoms with Crippen LogP contribution in [-0.4, -0.2) is 46.5 Å². The fourth-order valence-electron chi connectivity index (χ4n) is 4.48. The molecule has 0 saturated carbocycles. The van der Waals surface area contributed by atoms with Crippen LogP contribution in [0.15, 0.2) is 59.1 Å². The lowest BCUT2D eigenvalue weighted by Gasteiger charge is -2.32. The van der Waals surface area contributed by atoms with Crippen molar-refractivity contribution in [3.8, 4) is 11.5 Å². The third kappa shape index (κ3) is 4.12. The first-order valence-electron chi connectivity index (χ1n) is 10.8. The van der Waals surface area contributed by atoms with Crippen molar-refractivity contribution in [2.24, 2.45) is 5.92 Å². The second-order valence-electron chi connectivity index (χ2n) is 8.31. The van der Waals surface area contributed by atoms with Crippen molar-refractivity contribution in [1.29, 1.82) is 0 Å². The molecule has 0 spiro atoms. The average Bonchev–Trinajstić information content (AvgIpc) is 3.47. The van der Waals surface area contributed by atoms with Crippen molar-refractivity contribution in [2.45, 2.75) is 25.2 Å². The largest absolute Gasteiger partial charge is 0.342 e. The second kappa shape index (κ2) is 8.74. The molecule has 1 atom stereocenters. The number of hydrogen-bond donors (Lipinski definition) is 0. The molecule has 0 radical (unpaired) electrons. The quantitative estimate of drug-likeness (QED) is 0.596. The Labute approximate surface area is 191 Å². The molecular weight excluding hydrogens is 428 g/mol. The van der Waals surface area contributed by atoms with Gasteiger partial charge in [-0.2, -0.15) is 4.98 Å². The van der Waals surface area contributed by atoms with Crippen LogP contribution in [0.2, 0.25) is 5.02 Å². The van der Waals surface area contributed by atoms with Gasteiger partial charge in [-0.3, -0.25) is 9.59 Å². The minimum atomic E-state index is -0.326. The van der Waals surface area contributed by atoms with Gasteiger partial charge in [-0.05, 0) is 43.2 Å². The highest BCUT2D eigenvalue weighted by Gasteiger charge is 2.38. The van der Waals surface area contributed by atoms with E-state index in [1.165, 1.54) is 0 Å². The molecule has 5 rings (SSSR count). The number of nitrogens with zero attached hydrogens (tertiary/aromatic N) is 4. The SMILES string of the molecule is O=C([C@@H]1CC(=O)N(c2cccc(Cl)c2)C1)N1CCC(c2noc(-c3ccccc3)n2)CC1. The van der Waals surface area contributed by atoms with Crippen molar-refractivity contribution in [2.75, 3.05) is 24.5 Å². The summed E-state index contributed by atoms with van der Waals surface area (Å²) in [6.07, 6.45) is 1.78. The predicted octanol–water partition coefficient (Wildman–Crippen LogP) is 4.15. The lowest BCUT2D eigenvalue weighted by Crippen LogP contribution is -2.42. The number of benzene rings is 2. The summed E-state index contributed by atoms with van der Waals surface area (Å²) in [6.45, 7) is 1.64. The molecule has 3 heterocycles. The van der Waals surface area contributed by atoms with Crippen molar-refractivity contribution < 1.29 is 14.1 Å². The standard InChI is InChI=1S/C24H23ClN4O3/c25-19-7-4-8-20(14-19)29-15-18(13-21(29)30)24(31)28-11-9-16(10-12-28)22-26-23(32-27-22)17-5-2-1-3-6-17/h1-8,14,16,18H,9-13,15H2/t18-/m1/s1. The van der Waals surface area contributed by atoms with E-state index in [-0.39, 0.29) is 30.1 Å². The number of carbonyl (C=O) groups is 2. The number of likely N-dealkylation sites (tertiary alicyclic amines) is 1. The summed E-state index contributed by atoms with van der Waals surface area (Å²) >= 11 is 6.06. The van der Waals surface area contributed by atoms with E-state index in [9.17, 15) is 9.59 Å². The number of carbonyl (C=O) groups excluding carboxylic acids is 2. The zero-order chi connectivity index (χ0) is 22.1. The molecule has 8 heteroatoms. The van der Waals surface area contributed by atoms with Gasteiger partial charge < -0.3 is 14.3 Å². The Kier molecular flexibility index (Phi) is 5.66. The number of halogens is 1. The third-order valence-corrected chi connectivity index (χ3v) is 6.46. The summed E-state index contributed by atoms with van der Waals surface area (Å²) in [5, 5.41) is 4.75. The number of aromatic nitrogens is 2. The van der Waals surface area contributed by atoms with Crippen LogP contribution in [-0.2, 0) is 9.59 Å². The summed E-state index contributed by atoms with van der Waals surface area (Å²) in [4.78, 5) is 33.7. The van der Waals surface area contributed by atoms with Crippen molar-refractivity contribution in [3.63, 3.8) is 0 Å². The molecule has 2 aliphatic rings. The van der Waals surface area contributed by atoms with Crippen molar-refractivity contribution in [3.05, 3.63) is 65.4 Å². The summed E-state index contributed by atoms with van der Waals surface area (Å²) < 4.78 is 5.44. The summed E-state index contributed by atoms with van der Waals surface area (Å²) in [5.41, 5.74) is 1.64. The molecule has 32 heavy (non-hydrogen) atoms. The Morgan fingerprint density at radius 1 is 1.06 bits per heavy atom. The minimum Gasteiger partial charge on any atom is -0.342 e. The van der Waals surface area contributed by atoms with Crippen LogP contribution in [0.1, 0.15) is 31.0 Å². The maximum atomic E-state index is 13.1. The van der Waals surface area contributed by atoms with E-state index in [1.807, 2.05) is 47.4 Å². The number of anilines is 1. The van der Waals surface area contributed by atoms with Crippen LogP contribution in [0, 0.1) is 5.92 Å². The Balaban J connectivity index is 1.19. The number of hydrogen-bond acceptors (Lipinski definition) is 5. The van der Waals surface area contributed by atoms with Gasteiger partial charge in [0.15, 0.2) is 5.82 Å². The second-order valence-corrected chi connectivity index (χ2v) is 8.75. The normalized spacial score (nSPS) is 19.5. The highest BCUT2D eigenvalue weighted by molar-refractivity contribution is 6.31. The molecule has 1 aromatic heterocycles. The number of rotatable bonds is 4. The first-order chi connectivity index (χ1) is 15.6. The summed E-state index contributed by atoms with van der Waals surface area (Å²) in [5.74, 6) is 1.05. The van der Waals surface area contributed by atoms with Gasteiger partial charge in [0.25, 0.3) is 5.89 Å². The molecule has 0 N–H and O–H groups in total. The van der Waals surface area contributed by atoms with Crippen LogP contribution < -0.4 is 4.90 Å². The molecule has 2 aromatic carbocycles. The van der Waals surface area contributed by atoms with Gasteiger partial charge in [0.1, 0.15) is 0 Å². The Bertz CT molecular complexity index is 1130. The van der Waals surface area contributed by atoms with E-state index in [4.69, 9.17) is 16.1 Å². The van der Waals surface area contributed by atoms with E-state index in [0.29, 0.717) is 36.4 Å². The van der Waals surface area contributed by atoms with Crippen LogP contribution >= 0.6 is 11.6 Å². The molecule has 164 valence electrons. The molecule has 0 bridgehead atoms. The van der Waals surface area contributed by atoms with E-state index in [2.05, 4.69) is 10.1 Å². The monoisotopic (exact) mass is 450 g/mol. The summed E-state index contributed by atoms with van der Waals surface area (Å²) in [7, 11) is 0. The maximum absolute atomic E-state index is 13.1. The zero-order valence-electron chi connectivity index (χ0n) is 17.5. The van der Waals surface area contributed by atoms with Crippen molar-refractivity contribution in [1.82, 2.24) is 15.0 Å². The van der Waals surface area contributed by atoms with E-state index in [1.54, 1.807) is 17.0 Å². The zero-order valence-corrected chi connectivity index (χ0v) is 18.2. The fourth-order valence-corrected chi connectivity index (χ4v) is 4.67. The Morgan fingerprint density at radius 3 is 2.59 bits per heavy atom. The maximum Gasteiger partial charge on any atom is 0.257 e. The van der Waals surface area contributed by atoms with Gasteiger partial charge in [0, 0.05) is 48.2 Å². The predicted molar refractivity (Wildman–Crippen MR) is 120 cm³/mol. The van der Waals surface area contributed by atoms with E-state index >= 15 is 0 Å². The molecule has 2 saturated heterocycles.